The third kappa shape index (κ3) is 3.10. The van der Waals surface area contributed by atoms with Gasteiger partial charge in [0.05, 0.1) is 17.6 Å². The molecule has 0 aliphatic rings. The number of esters is 1. The molecule has 90 valence electrons. The van der Waals surface area contributed by atoms with E-state index in [1.807, 2.05) is 0 Å². The Morgan fingerprint density at radius 2 is 2.24 bits per heavy atom. The van der Waals surface area contributed by atoms with Crippen LogP contribution in [-0.2, 0) is 16.0 Å². The van der Waals surface area contributed by atoms with Gasteiger partial charge < -0.3 is 9.53 Å². The second kappa shape index (κ2) is 5.74. The van der Waals surface area contributed by atoms with Gasteiger partial charge in [0.25, 0.3) is 5.69 Å². The third-order valence-electron chi connectivity index (χ3n) is 2.24. The molecule has 0 atom stereocenters. The quantitative estimate of drug-likeness (QED) is 0.335. The highest BCUT2D eigenvalue weighted by molar-refractivity contribution is 5.91. The van der Waals surface area contributed by atoms with E-state index in [4.69, 9.17) is 0 Å². The van der Waals surface area contributed by atoms with Crippen molar-refractivity contribution in [3.8, 4) is 0 Å². The van der Waals surface area contributed by atoms with Crippen LogP contribution in [0.15, 0.2) is 18.2 Å². The summed E-state index contributed by atoms with van der Waals surface area (Å²) in [6, 6.07) is 3.92. The van der Waals surface area contributed by atoms with Crippen molar-refractivity contribution >= 4 is 17.9 Å². The van der Waals surface area contributed by atoms with Crippen molar-refractivity contribution < 1.29 is 19.2 Å². The predicted octanol–water partition coefficient (Wildman–Crippen LogP) is 1.51. The molecule has 0 heterocycles. The smallest absolute Gasteiger partial charge is 0.338 e. The van der Waals surface area contributed by atoms with E-state index in [-0.39, 0.29) is 17.7 Å². The van der Waals surface area contributed by atoms with Crippen molar-refractivity contribution in [2.45, 2.75) is 12.8 Å². The van der Waals surface area contributed by atoms with Gasteiger partial charge in [0, 0.05) is 18.6 Å². The largest absolute Gasteiger partial charge is 0.465 e. The lowest BCUT2D eigenvalue weighted by molar-refractivity contribution is -0.384. The minimum atomic E-state index is -0.644. The van der Waals surface area contributed by atoms with E-state index in [1.54, 1.807) is 0 Å². The Balaban J connectivity index is 3.16. The fourth-order valence-corrected chi connectivity index (χ4v) is 1.41. The third-order valence-corrected chi connectivity index (χ3v) is 2.24. The molecule has 0 spiro atoms. The molecule has 17 heavy (non-hydrogen) atoms. The monoisotopic (exact) mass is 237 g/mol. The lowest BCUT2D eigenvalue weighted by atomic mass is 10.0. The first-order chi connectivity index (χ1) is 8.10. The maximum Gasteiger partial charge on any atom is 0.338 e. The van der Waals surface area contributed by atoms with Gasteiger partial charge in [0.2, 0.25) is 0 Å². The molecule has 6 heteroatoms. The average molecular weight is 237 g/mol. The van der Waals surface area contributed by atoms with Crippen molar-refractivity contribution in [3.05, 3.63) is 39.4 Å². The lowest BCUT2D eigenvalue weighted by Crippen LogP contribution is -2.07. The van der Waals surface area contributed by atoms with Crippen LogP contribution in [-0.4, -0.2) is 24.3 Å². The van der Waals surface area contributed by atoms with E-state index in [2.05, 4.69) is 4.74 Å². The Bertz CT molecular complexity index is 455. The van der Waals surface area contributed by atoms with Crippen LogP contribution in [0.5, 0.6) is 0 Å². The molecule has 0 saturated heterocycles. The molecule has 0 amide bonds. The second-order valence-corrected chi connectivity index (χ2v) is 3.30. The summed E-state index contributed by atoms with van der Waals surface area (Å²) in [4.78, 5) is 31.7. The highest BCUT2D eigenvalue weighted by Crippen LogP contribution is 2.19. The molecule has 0 aliphatic heterocycles. The number of nitro benzene ring substituents is 1. The van der Waals surface area contributed by atoms with Crippen molar-refractivity contribution in [3.63, 3.8) is 0 Å². The minimum Gasteiger partial charge on any atom is -0.465 e. The van der Waals surface area contributed by atoms with Gasteiger partial charge in [-0.15, -0.1) is 0 Å². The first-order valence-electron chi connectivity index (χ1n) is 4.89. The minimum absolute atomic E-state index is 0.128. The zero-order chi connectivity index (χ0) is 12.8. The van der Waals surface area contributed by atoms with Crippen LogP contribution >= 0.6 is 0 Å². The molecule has 0 aromatic heterocycles. The van der Waals surface area contributed by atoms with E-state index in [1.165, 1.54) is 19.2 Å². The average Bonchev–Trinajstić information content (AvgIpc) is 2.35. The normalized spacial score (nSPS) is 9.71. The van der Waals surface area contributed by atoms with E-state index in [0.717, 1.165) is 12.4 Å². The SMILES string of the molecule is COC(=O)c1cc([N+](=O)[O-])ccc1CCC=O. The number of carbonyl (C=O) groups is 2. The number of carbonyl (C=O) groups excluding carboxylic acids is 2. The van der Waals surface area contributed by atoms with Crippen LogP contribution in [0.4, 0.5) is 5.69 Å². The standard InChI is InChI=1S/C11H11NO5/c1-17-11(14)10-7-9(12(15)16)5-4-8(10)3-2-6-13/h4-7H,2-3H2,1H3. The molecule has 1 aromatic rings. The van der Waals surface area contributed by atoms with E-state index in [0.29, 0.717) is 12.0 Å². The molecule has 6 nitrogen and oxygen atoms in total. The van der Waals surface area contributed by atoms with Crippen LogP contribution in [0.25, 0.3) is 0 Å². The van der Waals surface area contributed by atoms with Crippen molar-refractivity contribution in [2.75, 3.05) is 7.11 Å². The number of hydrogen-bond donors (Lipinski definition) is 0. The van der Waals surface area contributed by atoms with Gasteiger partial charge in [-0.3, -0.25) is 10.1 Å². The van der Waals surface area contributed by atoms with E-state index < -0.39 is 10.9 Å². The molecular formula is C11H11NO5. The number of aldehydes is 1. The van der Waals surface area contributed by atoms with Gasteiger partial charge in [0.15, 0.2) is 0 Å². The first-order valence-corrected chi connectivity index (χ1v) is 4.89. The fraction of sp³-hybridized carbons (Fsp3) is 0.273. The summed E-state index contributed by atoms with van der Waals surface area (Å²) in [6.07, 6.45) is 1.33. The van der Waals surface area contributed by atoms with Gasteiger partial charge in [-0.25, -0.2) is 4.79 Å². The zero-order valence-electron chi connectivity index (χ0n) is 9.21. The van der Waals surface area contributed by atoms with Crippen molar-refractivity contribution in [1.82, 2.24) is 0 Å². The number of hydrogen-bond acceptors (Lipinski definition) is 5. The molecule has 0 bridgehead atoms. The Labute approximate surface area is 97.3 Å². The van der Waals surface area contributed by atoms with Gasteiger partial charge in [-0.05, 0) is 12.0 Å². The van der Waals surface area contributed by atoms with Gasteiger partial charge in [-0.1, -0.05) is 6.07 Å². The molecule has 0 fully saturated rings. The summed E-state index contributed by atoms with van der Waals surface area (Å²) < 4.78 is 4.54. The molecular weight excluding hydrogens is 226 g/mol. The number of nitrogens with zero attached hydrogens (tertiary/aromatic N) is 1. The molecule has 0 radical (unpaired) electrons. The van der Waals surface area contributed by atoms with Gasteiger partial charge >= 0.3 is 5.97 Å². The molecule has 1 aromatic carbocycles. The topological polar surface area (TPSA) is 86.5 Å². The lowest BCUT2D eigenvalue weighted by Gasteiger charge is -2.06. The van der Waals surface area contributed by atoms with E-state index >= 15 is 0 Å². The maximum absolute atomic E-state index is 11.4. The highest BCUT2D eigenvalue weighted by atomic mass is 16.6. The maximum atomic E-state index is 11.4. The summed E-state index contributed by atoms with van der Waals surface area (Å²) >= 11 is 0. The Kier molecular flexibility index (Phi) is 4.33. The number of methoxy groups -OCH3 is 1. The number of ether oxygens (including phenoxy) is 1. The Morgan fingerprint density at radius 3 is 2.76 bits per heavy atom. The Hall–Kier alpha value is -2.24. The molecule has 1 rings (SSSR count). The Morgan fingerprint density at radius 1 is 1.53 bits per heavy atom. The van der Waals surface area contributed by atoms with Crippen LogP contribution in [0, 0.1) is 10.1 Å². The summed E-state index contributed by atoms with van der Waals surface area (Å²) in [7, 11) is 1.20. The number of nitro groups is 1. The van der Waals surface area contributed by atoms with Crippen LogP contribution in [0.2, 0.25) is 0 Å². The van der Waals surface area contributed by atoms with Crippen molar-refractivity contribution in [2.24, 2.45) is 0 Å². The second-order valence-electron chi connectivity index (χ2n) is 3.30. The molecule has 0 saturated carbocycles. The van der Waals surface area contributed by atoms with Crippen LogP contribution in [0.3, 0.4) is 0 Å². The van der Waals surface area contributed by atoms with Crippen LogP contribution < -0.4 is 0 Å². The number of rotatable bonds is 5. The number of aryl methyl sites for hydroxylation is 1. The zero-order valence-corrected chi connectivity index (χ0v) is 9.21. The predicted molar refractivity (Wildman–Crippen MR) is 58.8 cm³/mol. The highest BCUT2D eigenvalue weighted by Gasteiger charge is 2.16. The summed E-state index contributed by atoms with van der Waals surface area (Å²) in [5.41, 5.74) is 0.512. The van der Waals surface area contributed by atoms with Crippen LogP contribution in [0.1, 0.15) is 22.3 Å². The van der Waals surface area contributed by atoms with Crippen molar-refractivity contribution in [1.29, 1.82) is 0 Å². The first kappa shape index (κ1) is 12.8. The summed E-state index contributed by atoms with van der Waals surface area (Å²) in [6.45, 7) is 0. The van der Waals surface area contributed by atoms with Gasteiger partial charge in [-0.2, -0.15) is 0 Å². The fourth-order valence-electron chi connectivity index (χ4n) is 1.41. The number of non-ortho nitro benzene ring substituents is 1. The molecule has 0 aliphatic carbocycles. The summed E-state index contributed by atoms with van der Waals surface area (Å²) in [5.74, 6) is -0.644. The van der Waals surface area contributed by atoms with Gasteiger partial charge in [0.1, 0.15) is 6.29 Å². The molecule has 0 unspecified atom stereocenters. The molecule has 0 N–H and O–H groups in total. The summed E-state index contributed by atoms with van der Waals surface area (Å²) in [5, 5.41) is 10.6. The van der Waals surface area contributed by atoms with E-state index in [9.17, 15) is 19.7 Å². The number of benzene rings is 1.